The lowest BCUT2D eigenvalue weighted by atomic mass is 9.98. The van der Waals surface area contributed by atoms with Gasteiger partial charge in [0, 0.05) is 18.1 Å². The number of hydrogen-bond acceptors (Lipinski definition) is 4. The molecule has 2 N–H and O–H groups in total. The highest BCUT2D eigenvalue weighted by molar-refractivity contribution is 7.92. The summed E-state index contributed by atoms with van der Waals surface area (Å²) in [6.45, 7) is 2.90. The highest BCUT2D eigenvalue weighted by Crippen LogP contribution is 2.26. The third-order valence-electron chi connectivity index (χ3n) is 4.72. The largest absolute Gasteiger partial charge is 0.480 e. The minimum absolute atomic E-state index is 0.145. The molecular weight excluding hydrogens is 388 g/mol. The quantitative estimate of drug-likeness (QED) is 0.765. The Morgan fingerprint density at radius 3 is 2.70 bits per heavy atom. The number of nitrogens with zero attached hydrogens (tertiary/aromatic N) is 1. The van der Waals surface area contributed by atoms with Gasteiger partial charge in [0.25, 0.3) is 10.0 Å². The second kappa shape index (κ2) is 7.88. The number of hydrogen-bond donors (Lipinski definition) is 2. The molecule has 1 aliphatic heterocycles. The molecule has 0 aliphatic carbocycles. The van der Waals surface area contributed by atoms with Crippen molar-refractivity contribution >= 4 is 33.3 Å². The summed E-state index contributed by atoms with van der Waals surface area (Å²) in [5.74, 6) is -0.854. The molecule has 1 heterocycles. The molecule has 27 heavy (non-hydrogen) atoms. The predicted molar refractivity (Wildman–Crippen MR) is 105 cm³/mol. The first-order chi connectivity index (χ1) is 12.8. The fourth-order valence-electron chi connectivity index (χ4n) is 3.34. The Labute approximate surface area is 163 Å². The van der Waals surface area contributed by atoms with E-state index in [1.165, 1.54) is 6.07 Å². The lowest BCUT2D eigenvalue weighted by Crippen LogP contribution is -2.43. The summed E-state index contributed by atoms with van der Waals surface area (Å²) in [5.41, 5.74) is 2.28. The number of sulfonamides is 1. The van der Waals surface area contributed by atoms with Crippen molar-refractivity contribution in [3.8, 4) is 0 Å². The second-order valence-electron chi connectivity index (χ2n) is 6.53. The third-order valence-corrected chi connectivity index (χ3v) is 6.33. The summed E-state index contributed by atoms with van der Waals surface area (Å²) in [4.78, 5) is 13.5. The molecule has 3 rings (SSSR count). The van der Waals surface area contributed by atoms with E-state index in [2.05, 4.69) is 4.72 Å². The summed E-state index contributed by atoms with van der Waals surface area (Å²) >= 11 is 5.91. The van der Waals surface area contributed by atoms with E-state index in [1.807, 2.05) is 11.8 Å². The lowest BCUT2D eigenvalue weighted by Gasteiger charge is -2.33. The molecule has 0 spiro atoms. The lowest BCUT2D eigenvalue weighted by molar-refractivity contribution is -0.143. The van der Waals surface area contributed by atoms with Crippen molar-refractivity contribution in [3.05, 3.63) is 58.6 Å². The van der Waals surface area contributed by atoms with E-state index in [-0.39, 0.29) is 4.90 Å². The molecule has 0 fully saturated rings. The topological polar surface area (TPSA) is 86.7 Å². The Kier molecular flexibility index (Phi) is 5.74. The van der Waals surface area contributed by atoms with Crippen molar-refractivity contribution in [1.29, 1.82) is 0 Å². The Bertz CT molecular complexity index is 962. The molecule has 6 nitrogen and oxygen atoms in total. The summed E-state index contributed by atoms with van der Waals surface area (Å²) in [6.07, 6.45) is 1.19. The van der Waals surface area contributed by atoms with Crippen LogP contribution in [0.25, 0.3) is 0 Å². The third kappa shape index (κ3) is 4.43. The highest BCUT2D eigenvalue weighted by Gasteiger charge is 2.28. The number of benzene rings is 2. The smallest absolute Gasteiger partial charge is 0.320 e. The van der Waals surface area contributed by atoms with Crippen molar-refractivity contribution in [1.82, 2.24) is 4.90 Å². The van der Waals surface area contributed by atoms with Gasteiger partial charge in [-0.15, -0.1) is 0 Å². The first kappa shape index (κ1) is 19.7. The van der Waals surface area contributed by atoms with E-state index in [4.69, 9.17) is 11.6 Å². The van der Waals surface area contributed by atoms with Crippen LogP contribution in [-0.2, 0) is 27.8 Å². The fraction of sp³-hybridized carbons (Fsp3) is 0.316. The minimum Gasteiger partial charge on any atom is -0.480 e. The number of aliphatic carboxylic acids is 1. The zero-order valence-corrected chi connectivity index (χ0v) is 16.4. The van der Waals surface area contributed by atoms with Crippen LogP contribution in [0.15, 0.2) is 47.4 Å². The maximum absolute atomic E-state index is 12.7. The number of carboxylic acid groups (broad SMARTS) is 1. The molecule has 0 saturated heterocycles. The van der Waals surface area contributed by atoms with E-state index in [0.717, 1.165) is 11.1 Å². The zero-order chi connectivity index (χ0) is 19.6. The second-order valence-corrected chi connectivity index (χ2v) is 8.65. The SMILES string of the molecule is CCC(C(=O)O)N1CCc2ccc(S(=O)(=O)Nc3cccc(Cl)c3)cc2C1. The van der Waals surface area contributed by atoms with Gasteiger partial charge in [0.05, 0.1) is 10.6 Å². The Hall–Kier alpha value is -2.09. The Morgan fingerprint density at radius 1 is 1.26 bits per heavy atom. The Balaban J connectivity index is 1.86. The van der Waals surface area contributed by atoms with Gasteiger partial charge in [-0.3, -0.25) is 14.4 Å². The van der Waals surface area contributed by atoms with Gasteiger partial charge in [-0.1, -0.05) is 30.7 Å². The van der Waals surface area contributed by atoms with Gasteiger partial charge >= 0.3 is 5.97 Å². The van der Waals surface area contributed by atoms with Gasteiger partial charge in [-0.25, -0.2) is 8.42 Å². The van der Waals surface area contributed by atoms with Crippen molar-refractivity contribution in [2.45, 2.75) is 37.2 Å². The average molecular weight is 409 g/mol. The van der Waals surface area contributed by atoms with Crippen LogP contribution in [0.2, 0.25) is 5.02 Å². The van der Waals surface area contributed by atoms with E-state index in [9.17, 15) is 18.3 Å². The van der Waals surface area contributed by atoms with Crippen LogP contribution >= 0.6 is 11.6 Å². The number of carboxylic acids is 1. The monoisotopic (exact) mass is 408 g/mol. The summed E-state index contributed by atoms with van der Waals surface area (Å²) in [6, 6.07) is 10.9. The fourth-order valence-corrected chi connectivity index (χ4v) is 4.63. The van der Waals surface area contributed by atoms with E-state index in [1.54, 1.807) is 36.4 Å². The number of halogens is 1. The molecule has 0 aromatic heterocycles. The maximum atomic E-state index is 12.7. The molecule has 8 heteroatoms. The van der Waals surface area contributed by atoms with Crippen molar-refractivity contribution in [3.63, 3.8) is 0 Å². The molecular formula is C19H21ClN2O4S. The molecule has 144 valence electrons. The van der Waals surface area contributed by atoms with Crippen LogP contribution in [0.3, 0.4) is 0 Å². The van der Waals surface area contributed by atoms with Crippen molar-refractivity contribution < 1.29 is 18.3 Å². The molecule has 0 saturated carbocycles. The first-order valence-corrected chi connectivity index (χ1v) is 10.5. The predicted octanol–water partition coefficient (Wildman–Crippen LogP) is 3.36. The van der Waals surface area contributed by atoms with Crippen LogP contribution < -0.4 is 4.72 Å². The van der Waals surface area contributed by atoms with Crippen LogP contribution in [0, 0.1) is 0 Å². The number of anilines is 1. The minimum atomic E-state index is -3.77. The van der Waals surface area contributed by atoms with E-state index < -0.39 is 22.0 Å². The van der Waals surface area contributed by atoms with Gasteiger partial charge in [-0.2, -0.15) is 0 Å². The normalized spacial score (nSPS) is 15.8. The van der Waals surface area contributed by atoms with Gasteiger partial charge in [-0.05, 0) is 54.3 Å². The molecule has 1 aliphatic rings. The van der Waals surface area contributed by atoms with E-state index in [0.29, 0.717) is 36.6 Å². The van der Waals surface area contributed by atoms with Gasteiger partial charge in [0.2, 0.25) is 0 Å². The molecule has 0 radical (unpaired) electrons. The van der Waals surface area contributed by atoms with Crippen molar-refractivity contribution in [2.24, 2.45) is 0 Å². The maximum Gasteiger partial charge on any atom is 0.320 e. The number of rotatable bonds is 6. The van der Waals surface area contributed by atoms with Crippen LogP contribution in [-0.4, -0.2) is 37.0 Å². The number of carbonyl (C=O) groups is 1. The van der Waals surface area contributed by atoms with Crippen LogP contribution in [0.5, 0.6) is 0 Å². The van der Waals surface area contributed by atoms with Crippen LogP contribution in [0.4, 0.5) is 5.69 Å². The van der Waals surface area contributed by atoms with Gasteiger partial charge in [0.1, 0.15) is 6.04 Å². The Morgan fingerprint density at radius 2 is 2.04 bits per heavy atom. The average Bonchev–Trinajstić information content (AvgIpc) is 2.61. The molecule has 0 bridgehead atoms. The molecule has 1 atom stereocenters. The van der Waals surface area contributed by atoms with E-state index >= 15 is 0 Å². The van der Waals surface area contributed by atoms with Crippen LogP contribution in [0.1, 0.15) is 24.5 Å². The standard InChI is InChI=1S/C19H21ClN2O4S/c1-2-18(19(23)24)22-9-8-13-6-7-17(10-14(13)12-22)27(25,26)21-16-5-3-4-15(20)11-16/h3-7,10-11,18,21H,2,8-9,12H2,1H3,(H,23,24). The molecule has 2 aromatic carbocycles. The number of fused-ring (bicyclic) bond motifs is 1. The molecule has 0 amide bonds. The molecule has 2 aromatic rings. The zero-order valence-electron chi connectivity index (χ0n) is 14.9. The summed E-state index contributed by atoms with van der Waals surface area (Å²) < 4.78 is 28.0. The summed E-state index contributed by atoms with van der Waals surface area (Å²) in [5, 5.41) is 9.83. The highest BCUT2D eigenvalue weighted by atomic mass is 35.5. The first-order valence-electron chi connectivity index (χ1n) is 8.67. The van der Waals surface area contributed by atoms with Gasteiger partial charge < -0.3 is 5.11 Å². The van der Waals surface area contributed by atoms with Gasteiger partial charge in [0.15, 0.2) is 0 Å². The number of nitrogens with one attached hydrogen (secondary N) is 1. The van der Waals surface area contributed by atoms with Crippen molar-refractivity contribution in [2.75, 3.05) is 11.3 Å². The molecule has 1 unspecified atom stereocenters. The summed E-state index contributed by atoms with van der Waals surface area (Å²) in [7, 11) is -3.77.